The summed E-state index contributed by atoms with van der Waals surface area (Å²) in [6.45, 7) is 4.09. The maximum Gasteiger partial charge on any atom is 0.325 e. The van der Waals surface area contributed by atoms with Crippen molar-refractivity contribution in [1.29, 1.82) is 5.41 Å². The van der Waals surface area contributed by atoms with Crippen molar-refractivity contribution < 1.29 is 26.5 Å². The van der Waals surface area contributed by atoms with Crippen LogP contribution in [0.3, 0.4) is 0 Å². The SMILES string of the molecule is COC(=O)Cn1c(=N)n(CCN2CCCCC2)c2ccccc21.[Br-]. The van der Waals surface area contributed by atoms with E-state index in [1.807, 2.05) is 28.8 Å². The van der Waals surface area contributed by atoms with E-state index in [2.05, 4.69) is 4.90 Å². The lowest BCUT2D eigenvalue weighted by Gasteiger charge is -2.26. The molecule has 1 saturated heterocycles. The first-order valence-corrected chi connectivity index (χ1v) is 8.22. The molecule has 1 fully saturated rings. The number of hydrogen-bond donors (Lipinski definition) is 1. The molecule has 3 rings (SSSR count). The Morgan fingerprint density at radius 1 is 1.08 bits per heavy atom. The molecule has 132 valence electrons. The number of imidazole rings is 1. The highest BCUT2D eigenvalue weighted by Crippen LogP contribution is 2.14. The molecule has 0 amide bonds. The Balaban J connectivity index is 0.00000208. The Bertz CT molecular complexity index is 747. The number of likely N-dealkylation sites (tertiary alicyclic amines) is 1. The zero-order valence-corrected chi connectivity index (χ0v) is 15.6. The van der Waals surface area contributed by atoms with Gasteiger partial charge >= 0.3 is 5.97 Å². The van der Waals surface area contributed by atoms with Gasteiger partial charge in [-0.05, 0) is 38.1 Å². The first kappa shape index (κ1) is 18.7. The van der Waals surface area contributed by atoms with E-state index in [9.17, 15) is 4.79 Å². The second kappa shape index (κ2) is 8.48. The zero-order valence-electron chi connectivity index (χ0n) is 14.0. The predicted octanol–water partition coefficient (Wildman–Crippen LogP) is -1.41. The van der Waals surface area contributed by atoms with Gasteiger partial charge in [-0.15, -0.1) is 0 Å². The fraction of sp³-hybridized carbons (Fsp3) is 0.529. The van der Waals surface area contributed by atoms with Gasteiger partial charge in [-0.25, -0.2) is 0 Å². The van der Waals surface area contributed by atoms with Crippen molar-refractivity contribution in [3.05, 3.63) is 29.9 Å². The number of aromatic nitrogens is 2. The Kier molecular flexibility index (Phi) is 6.62. The molecule has 0 unspecified atom stereocenters. The van der Waals surface area contributed by atoms with Crippen molar-refractivity contribution in [3.8, 4) is 0 Å². The van der Waals surface area contributed by atoms with Crippen LogP contribution < -0.4 is 22.6 Å². The van der Waals surface area contributed by atoms with Crippen LogP contribution in [-0.2, 0) is 22.6 Å². The monoisotopic (exact) mass is 395 g/mol. The minimum atomic E-state index is -0.331. The van der Waals surface area contributed by atoms with Gasteiger partial charge in [0.2, 0.25) is 5.62 Å². The Morgan fingerprint density at radius 2 is 1.71 bits per heavy atom. The number of piperidine rings is 1. The molecule has 6 nitrogen and oxygen atoms in total. The van der Waals surface area contributed by atoms with Crippen LogP contribution in [0.5, 0.6) is 0 Å². The highest BCUT2D eigenvalue weighted by molar-refractivity contribution is 5.78. The number of ether oxygens (including phenoxy) is 1. The van der Waals surface area contributed by atoms with Gasteiger partial charge in [0.15, 0.2) is 0 Å². The number of benzene rings is 1. The lowest BCUT2D eigenvalue weighted by Crippen LogP contribution is -3.00. The van der Waals surface area contributed by atoms with Gasteiger partial charge in [0.05, 0.1) is 18.1 Å². The van der Waals surface area contributed by atoms with Crippen molar-refractivity contribution in [3.63, 3.8) is 0 Å². The van der Waals surface area contributed by atoms with E-state index in [0.717, 1.165) is 37.2 Å². The Labute approximate surface area is 152 Å². The summed E-state index contributed by atoms with van der Waals surface area (Å²) in [7, 11) is 1.38. The van der Waals surface area contributed by atoms with E-state index in [4.69, 9.17) is 10.1 Å². The lowest BCUT2D eigenvalue weighted by atomic mass is 10.1. The molecule has 0 radical (unpaired) electrons. The molecule has 0 aliphatic carbocycles. The smallest absolute Gasteiger partial charge is 0.325 e. The molecule has 7 heteroatoms. The van der Waals surface area contributed by atoms with Gasteiger partial charge in [0.1, 0.15) is 6.54 Å². The number of halogens is 1. The van der Waals surface area contributed by atoms with Crippen LogP contribution in [-0.4, -0.2) is 46.7 Å². The van der Waals surface area contributed by atoms with E-state index < -0.39 is 0 Å². The Morgan fingerprint density at radius 3 is 2.33 bits per heavy atom. The number of rotatable bonds is 5. The van der Waals surface area contributed by atoms with Gasteiger partial charge in [-0.1, -0.05) is 18.6 Å². The fourth-order valence-corrected chi connectivity index (χ4v) is 3.30. The second-order valence-electron chi connectivity index (χ2n) is 6.03. The number of nitrogens with zero attached hydrogens (tertiary/aromatic N) is 3. The van der Waals surface area contributed by atoms with Crippen molar-refractivity contribution in [2.24, 2.45) is 0 Å². The molecule has 24 heavy (non-hydrogen) atoms. The molecule has 1 aliphatic heterocycles. The Hall–Kier alpha value is -1.60. The summed E-state index contributed by atoms with van der Waals surface area (Å²) in [5.74, 6) is -0.331. The summed E-state index contributed by atoms with van der Waals surface area (Å²) >= 11 is 0. The minimum Gasteiger partial charge on any atom is -1.00 e. The highest BCUT2D eigenvalue weighted by Gasteiger charge is 2.15. The molecular weight excluding hydrogens is 372 g/mol. The average Bonchev–Trinajstić information content (AvgIpc) is 2.86. The molecule has 1 aliphatic rings. The van der Waals surface area contributed by atoms with E-state index in [1.165, 1.54) is 26.4 Å². The summed E-state index contributed by atoms with van der Waals surface area (Å²) in [5, 5.41) is 8.46. The number of nitrogens with one attached hydrogen (secondary N) is 1. The third-order valence-corrected chi connectivity index (χ3v) is 4.58. The largest absolute Gasteiger partial charge is 1.00 e. The van der Waals surface area contributed by atoms with Gasteiger partial charge in [0.25, 0.3) is 0 Å². The molecule has 0 spiro atoms. The highest BCUT2D eigenvalue weighted by atomic mass is 79.9. The summed E-state index contributed by atoms with van der Waals surface area (Å²) < 4.78 is 8.47. The quantitative estimate of drug-likeness (QED) is 0.632. The number of para-hydroxylation sites is 2. The topological polar surface area (TPSA) is 63.2 Å². The molecule has 1 aromatic carbocycles. The first-order chi connectivity index (χ1) is 11.2. The standard InChI is InChI=1S/C17H24N4O2.BrH/c1-23-16(22)13-21-15-8-4-3-7-14(15)20(17(21)18)12-11-19-9-5-2-6-10-19;/h3-4,7-8,18H,2,5-6,9-13H2,1H3;1H/p-1. The van der Waals surface area contributed by atoms with Gasteiger partial charge < -0.3 is 31.2 Å². The molecule has 2 heterocycles. The summed E-state index contributed by atoms with van der Waals surface area (Å²) in [6.07, 6.45) is 3.86. The zero-order chi connectivity index (χ0) is 16.2. The average molecular weight is 396 g/mol. The lowest BCUT2D eigenvalue weighted by molar-refractivity contribution is -0.141. The van der Waals surface area contributed by atoms with Gasteiger partial charge in [0, 0.05) is 13.1 Å². The predicted molar refractivity (Wildman–Crippen MR) is 88.1 cm³/mol. The van der Waals surface area contributed by atoms with Crippen LogP contribution in [0, 0.1) is 5.41 Å². The van der Waals surface area contributed by atoms with Crippen molar-refractivity contribution in [2.75, 3.05) is 26.7 Å². The van der Waals surface area contributed by atoms with E-state index in [0.29, 0.717) is 5.62 Å². The third kappa shape index (κ3) is 3.89. The number of fused-ring (bicyclic) bond motifs is 1. The molecule has 0 atom stereocenters. The van der Waals surface area contributed by atoms with Crippen LogP contribution in [0.2, 0.25) is 0 Å². The van der Waals surface area contributed by atoms with E-state index >= 15 is 0 Å². The molecule has 1 aromatic heterocycles. The number of methoxy groups -OCH3 is 1. The van der Waals surface area contributed by atoms with E-state index in [-0.39, 0.29) is 29.5 Å². The van der Waals surface area contributed by atoms with Crippen molar-refractivity contribution >= 4 is 17.0 Å². The second-order valence-corrected chi connectivity index (χ2v) is 6.03. The summed E-state index contributed by atoms with van der Waals surface area (Å²) in [6, 6.07) is 7.87. The molecule has 0 bridgehead atoms. The van der Waals surface area contributed by atoms with Crippen LogP contribution in [0.4, 0.5) is 0 Å². The normalized spacial score (nSPS) is 15.2. The fourth-order valence-electron chi connectivity index (χ4n) is 3.30. The van der Waals surface area contributed by atoms with Crippen molar-refractivity contribution in [1.82, 2.24) is 14.0 Å². The van der Waals surface area contributed by atoms with Crippen LogP contribution in [0.1, 0.15) is 19.3 Å². The summed E-state index contributed by atoms with van der Waals surface area (Å²) in [5.41, 5.74) is 2.26. The molecule has 1 N–H and O–H groups in total. The van der Waals surface area contributed by atoms with E-state index in [1.54, 1.807) is 4.57 Å². The molecule has 2 aromatic rings. The first-order valence-electron chi connectivity index (χ1n) is 8.22. The molecule has 0 saturated carbocycles. The minimum absolute atomic E-state index is 0. The van der Waals surface area contributed by atoms with Crippen molar-refractivity contribution in [2.45, 2.75) is 32.4 Å². The van der Waals surface area contributed by atoms with Crippen LogP contribution in [0.15, 0.2) is 24.3 Å². The van der Waals surface area contributed by atoms with Crippen LogP contribution in [0.25, 0.3) is 11.0 Å². The van der Waals surface area contributed by atoms with Crippen LogP contribution >= 0.6 is 0 Å². The third-order valence-electron chi connectivity index (χ3n) is 4.58. The number of carbonyl (C=O) groups excluding carboxylic acids is 1. The number of carbonyl (C=O) groups is 1. The van der Waals surface area contributed by atoms with Gasteiger partial charge in [-0.2, -0.15) is 0 Å². The maximum atomic E-state index is 11.6. The van der Waals surface area contributed by atoms with Gasteiger partial charge in [-0.3, -0.25) is 14.8 Å². The maximum absolute atomic E-state index is 11.6. The summed E-state index contributed by atoms with van der Waals surface area (Å²) in [4.78, 5) is 14.1. The number of esters is 1. The number of hydrogen-bond acceptors (Lipinski definition) is 4. The molecular formula is C17H24BrN4O2-.